The highest BCUT2D eigenvalue weighted by Gasteiger charge is 2.22. The van der Waals surface area contributed by atoms with Gasteiger partial charge in [0.05, 0.1) is 12.0 Å². The van der Waals surface area contributed by atoms with E-state index in [1.54, 1.807) is 0 Å². The fourth-order valence-corrected chi connectivity index (χ4v) is 1.29. The summed E-state index contributed by atoms with van der Waals surface area (Å²) in [6, 6.07) is 2.88. The van der Waals surface area contributed by atoms with Crippen LogP contribution in [0.3, 0.4) is 0 Å². The molecule has 0 aliphatic rings. The SMILES string of the molecule is COc1ccc(CCO)c([N+](=O)[O-])c1O. The minimum Gasteiger partial charge on any atom is -0.500 e. The molecule has 1 aromatic rings. The molecule has 1 rings (SSSR count). The van der Waals surface area contributed by atoms with Crippen molar-refractivity contribution >= 4 is 5.69 Å². The average Bonchev–Trinajstić information content (AvgIpc) is 2.18. The Morgan fingerprint density at radius 2 is 2.20 bits per heavy atom. The lowest BCUT2D eigenvalue weighted by Gasteiger charge is -2.06. The predicted octanol–water partition coefficient (Wildman–Crippen LogP) is 0.844. The van der Waals surface area contributed by atoms with Gasteiger partial charge in [0.15, 0.2) is 5.75 Å². The van der Waals surface area contributed by atoms with Crippen LogP contribution < -0.4 is 4.74 Å². The lowest BCUT2D eigenvalue weighted by atomic mass is 10.1. The fourth-order valence-electron chi connectivity index (χ4n) is 1.29. The number of nitro benzene ring substituents is 1. The molecule has 0 saturated heterocycles. The second kappa shape index (κ2) is 4.61. The van der Waals surface area contributed by atoms with E-state index in [2.05, 4.69) is 0 Å². The van der Waals surface area contributed by atoms with Crippen molar-refractivity contribution in [2.75, 3.05) is 13.7 Å². The molecule has 0 spiro atoms. The van der Waals surface area contributed by atoms with Crippen molar-refractivity contribution in [3.05, 3.63) is 27.8 Å². The number of methoxy groups -OCH3 is 1. The number of ether oxygens (including phenoxy) is 1. The van der Waals surface area contributed by atoms with Crippen LogP contribution in [-0.2, 0) is 6.42 Å². The van der Waals surface area contributed by atoms with Crippen LogP contribution in [-0.4, -0.2) is 28.9 Å². The van der Waals surface area contributed by atoms with Gasteiger partial charge in [0.25, 0.3) is 0 Å². The number of phenols is 1. The summed E-state index contributed by atoms with van der Waals surface area (Å²) in [6.07, 6.45) is 0.119. The van der Waals surface area contributed by atoms with Crippen molar-refractivity contribution in [2.24, 2.45) is 0 Å². The minimum atomic E-state index is -0.692. The largest absolute Gasteiger partial charge is 0.500 e. The van der Waals surface area contributed by atoms with Crippen LogP contribution in [0.2, 0.25) is 0 Å². The van der Waals surface area contributed by atoms with Crippen molar-refractivity contribution in [1.82, 2.24) is 0 Å². The lowest BCUT2D eigenvalue weighted by Crippen LogP contribution is -1.99. The molecule has 0 saturated carbocycles. The third kappa shape index (κ3) is 2.16. The van der Waals surface area contributed by atoms with E-state index in [1.165, 1.54) is 19.2 Å². The average molecular weight is 213 g/mol. The number of nitro groups is 1. The van der Waals surface area contributed by atoms with E-state index in [0.29, 0.717) is 0 Å². The first-order chi connectivity index (χ1) is 7.11. The molecule has 15 heavy (non-hydrogen) atoms. The molecule has 0 aliphatic carbocycles. The second-order valence-corrected chi connectivity index (χ2v) is 2.85. The maximum atomic E-state index is 10.7. The number of aliphatic hydroxyl groups is 1. The first kappa shape index (κ1) is 11.3. The van der Waals surface area contributed by atoms with Gasteiger partial charge in [-0.15, -0.1) is 0 Å². The molecule has 6 heteroatoms. The van der Waals surface area contributed by atoms with Crippen LogP contribution in [0.4, 0.5) is 5.69 Å². The number of rotatable bonds is 4. The quantitative estimate of drug-likeness (QED) is 0.571. The minimum absolute atomic E-state index is 0.0448. The van der Waals surface area contributed by atoms with E-state index in [9.17, 15) is 15.2 Å². The van der Waals surface area contributed by atoms with Crippen molar-refractivity contribution in [1.29, 1.82) is 0 Å². The molecule has 0 radical (unpaired) electrons. The predicted molar refractivity (Wildman–Crippen MR) is 52.1 cm³/mol. The third-order valence-corrected chi connectivity index (χ3v) is 1.98. The first-order valence-corrected chi connectivity index (χ1v) is 4.26. The lowest BCUT2D eigenvalue weighted by molar-refractivity contribution is -0.386. The highest BCUT2D eigenvalue weighted by Crippen LogP contribution is 2.38. The van der Waals surface area contributed by atoms with Crippen LogP contribution in [0.1, 0.15) is 5.56 Å². The molecule has 82 valence electrons. The standard InChI is InChI=1S/C9H11NO5/c1-15-7-3-2-6(4-5-11)8(9(7)12)10(13)14/h2-3,11-12H,4-5H2,1H3. The zero-order valence-corrected chi connectivity index (χ0v) is 8.14. The van der Waals surface area contributed by atoms with Crippen LogP contribution in [0, 0.1) is 10.1 Å². The van der Waals surface area contributed by atoms with Gasteiger partial charge in [-0.25, -0.2) is 0 Å². The van der Waals surface area contributed by atoms with Crippen molar-refractivity contribution in [2.45, 2.75) is 6.42 Å². The summed E-state index contributed by atoms with van der Waals surface area (Å²) >= 11 is 0. The summed E-state index contributed by atoms with van der Waals surface area (Å²) in [4.78, 5) is 10.0. The van der Waals surface area contributed by atoms with Crippen molar-refractivity contribution in [3.63, 3.8) is 0 Å². The van der Waals surface area contributed by atoms with Gasteiger partial charge in [0.2, 0.25) is 5.75 Å². The molecule has 0 unspecified atom stereocenters. The zero-order valence-electron chi connectivity index (χ0n) is 8.14. The molecule has 0 fully saturated rings. The summed E-state index contributed by atoms with van der Waals surface area (Å²) in [5.41, 5.74) is -0.135. The Hall–Kier alpha value is -1.82. The summed E-state index contributed by atoms with van der Waals surface area (Å²) < 4.78 is 4.75. The van der Waals surface area contributed by atoms with Gasteiger partial charge >= 0.3 is 5.69 Å². The Labute approximate surface area is 85.9 Å². The molecule has 2 N–H and O–H groups in total. The van der Waals surface area contributed by atoms with Gasteiger partial charge in [-0.1, -0.05) is 0 Å². The number of aliphatic hydroxyl groups excluding tert-OH is 1. The van der Waals surface area contributed by atoms with Crippen LogP contribution in [0.5, 0.6) is 11.5 Å². The molecule has 0 aliphatic heterocycles. The number of aromatic hydroxyl groups is 1. The number of benzene rings is 1. The van der Waals surface area contributed by atoms with Gasteiger partial charge in [-0.3, -0.25) is 10.1 Å². The monoisotopic (exact) mass is 213 g/mol. The van der Waals surface area contributed by atoms with Gasteiger partial charge in [0.1, 0.15) is 0 Å². The van der Waals surface area contributed by atoms with Gasteiger partial charge in [-0.2, -0.15) is 0 Å². The molecule has 1 aromatic carbocycles. The van der Waals surface area contributed by atoms with E-state index >= 15 is 0 Å². The van der Waals surface area contributed by atoms with E-state index in [1.807, 2.05) is 0 Å². The first-order valence-electron chi connectivity index (χ1n) is 4.26. The van der Waals surface area contributed by atoms with Crippen LogP contribution in [0.25, 0.3) is 0 Å². The fraction of sp³-hybridized carbons (Fsp3) is 0.333. The normalized spacial score (nSPS) is 10.0. The Morgan fingerprint density at radius 1 is 1.53 bits per heavy atom. The van der Waals surface area contributed by atoms with E-state index in [4.69, 9.17) is 9.84 Å². The van der Waals surface area contributed by atoms with Gasteiger partial charge in [-0.05, 0) is 12.1 Å². The van der Waals surface area contributed by atoms with Crippen LogP contribution >= 0.6 is 0 Å². The topological polar surface area (TPSA) is 92.8 Å². The van der Waals surface area contributed by atoms with Crippen molar-refractivity contribution in [3.8, 4) is 11.5 Å². The number of hydrogen-bond acceptors (Lipinski definition) is 5. The number of nitrogens with zero attached hydrogens (tertiary/aromatic N) is 1. The van der Waals surface area contributed by atoms with Crippen LogP contribution in [0.15, 0.2) is 12.1 Å². The summed E-state index contributed by atoms with van der Waals surface area (Å²) in [5, 5.41) is 28.9. The van der Waals surface area contributed by atoms with Crippen molar-refractivity contribution < 1.29 is 19.9 Å². The van der Waals surface area contributed by atoms with E-state index in [-0.39, 0.29) is 24.3 Å². The Balaban J connectivity index is 3.30. The molecule has 0 aromatic heterocycles. The highest BCUT2D eigenvalue weighted by molar-refractivity contribution is 5.59. The number of phenolic OH excluding ortho intramolecular Hbond substituents is 1. The third-order valence-electron chi connectivity index (χ3n) is 1.98. The highest BCUT2D eigenvalue weighted by atomic mass is 16.6. The molecule has 0 heterocycles. The Bertz CT molecular complexity index is 377. The van der Waals surface area contributed by atoms with Gasteiger partial charge in [0, 0.05) is 18.6 Å². The zero-order chi connectivity index (χ0) is 11.4. The molecule has 0 atom stereocenters. The van der Waals surface area contributed by atoms with E-state index < -0.39 is 16.4 Å². The maximum Gasteiger partial charge on any atom is 0.317 e. The second-order valence-electron chi connectivity index (χ2n) is 2.85. The summed E-state index contributed by atoms with van der Waals surface area (Å²) in [6.45, 7) is -0.216. The Morgan fingerprint density at radius 3 is 2.67 bits per heavy atom. The van der Waals surface area contributed by atoms with Gasteiger partial charge < -0.3 is 14.9 Å². The summed E-state index contributed by atoms with van der Waals surface area (Å²) in [7, 11) is 1.31. The number of hydrogen-bond donors (Lipinski definition) is 2. The molecule has 0 amide bonds. The smallest absolute Gasteiger partial charge is 0.317 e. The molecular formula is C9H11NO5. The molecular weight excluding hydrogens is 202 g/mol. The van der Waals surface area contributed by atoms with E-state index in [0.717, 1.165) is 0 Å². The molecule has 6 nitrogen and oxygen atoms in total. The Kier molecular flexibility index (Phi) is 3.46. The molecule has 0 bridgehead atoms. The summed E-state index contributed by atoms with van der Waals surface area (Å²) in [5.74, 6) is -0.461. The maximum absolute atomic E-state index is 10.7.